The summed E-state index contributed by atoms with van der Waals surface area (Å²) >= 11 is 1.86. The number of anilines is 1. The molecule has 0 spiro atoms. The van der Waals surface area contributed by atoms with Crippen LogP contribution in [0.5, 0.6) is 0 Å². The van der Waals surface area contributed by atoms with Crippen molar-refractivity contribution in [3.63, 3.8) is 0 Å². The van der Waals surface area contributed by atoms with Crippen LogP contribution in [0.1, 0.15) is 36.3 Å². The fourth-order valence-electron chi connectivity index (χ4n) is 2.35. The van der Waals surface area contributed by atoms with E-state index in [1.807, 2.05) is 30.0 Å². The molecule has 1 aromatic carbocycles. The lowest BCUT2D eigenvalue weighted by atomic mass is 10.3. The smallest absolute Gasteiger partial charge is 0.293 e. The van der Waals surface area contributed by atoms with Gasteiger partial charge in [0.25, 0.3) is 5.91 Å². The molecule has 1 heterocycles. The molecule has 0 unspecified atom stereocenters. The fraction of sp³-hybridized carbons (Fsp3) is 0.357. The van der Waals surface area contributed by atoms with Crippen LogP contribution in [0.3, 0.4) is 0 Å². The molecule has 1 fully saturated rings. The molecule has 104 valence electrons. The minimum Gasteiger partial charge on any atom is -0.318 e. The van der Waals surface area contributed by atoms with Crippen molar-refractivity contribution < 1.29 is 4.79 Å². The van der Waals surface area contributed by atoms with E-state index in [0.29, 0.717) is 5.25 Å². The van der Waals surface area contributed by atoms with Gasteiger partial charge in [-0.15, -0.1) is 11.8 Å². The third kappa shape index (κ3) is 3.01. The number of H-pyrrole nitrogens is 1. The third-order valence-electron chi connectivity index (χ3n) is 3.36. The number of rotatable bonds is 4. The summed E-state index contributed by atoms with van der Waals surface area (Å²) in [6.07, 6.45) is 6.46. The maximum Gasteiger partial charge on any atom is 0.293 e. The molecule has 0 radical (unpaired) electrons. The number of aromatic amines is 1. The molecule has 6 heteroatoms. The highest BCUT2D eigenvalue weighted by atomic mass is 32.2. The Bertz CT molecular complexity index is 579. The molecular formula is C14H16N4OS. The van der Waals surface area contributed by atoms with E-state index in [1.54, 1.807) is 0 Å². The predicted octanol–water partition coefficient (Wildman–Crippen LogP) is 3.09. The lowest BCUT2D eigenvalue weighted by molar-refractivity contribution is 0.101. The number of amides is 1. The van der Waals surface area contributed by atoms with Gasteiger partial charge in [0.15, 0.2) is 0 Å². The molecule has 2 N–H and O–H groups in total. The van der Waals surface area contributed by atoms with Crippen LogP contribution in [0, 0.1) is 0 Å². The number of benzene rings is 1. The van der Waals surface area contributed by atoms with E-state index in [-0.39, 0.29) is 11.7 Å². The summed E-state index contributed by atoms with van der Waals surface area (Å²) in [5.41, 5.74) is 0.839. The van der Waals surface area contributed by atoms with Crippen LogP contribution < -0.4 is 5.32 Å². The molecule has 0 atom stereocenters. The molecule has 1 saturated carbocycles. The van der Waals surface area contributed by atoms with Crippen molar-refractivity contribution in [2.45, 2.75) is 35.8 Å². The van der Waals surface area contributed by atoms with Gasteiger partial charge in [-0.2, -0.15) is 5.10 Å². The van der Waals surface area contributed by atoms with Crippen LogP contribution in [0.15, 0.2) is 35.5 Å². The molecule has 0 aliphatic heterocycles. The zero-order valence-corrected chi connectivity index (χ0v) is 11.8. The number of nitrogens with one attached hydrogen (secondary N) is 2. The molecule has 1 amide bonds. The summed E-state index contributed by atoms with van der Waals surface area (Å²) in [5.74, 6) is -0.0346. The van der Waals surface area contributed by atoms with E-state index in [9.17, 15) is 4.79 Å². The van der Waals surface area contributed by atoms with E-state index >= 15 is 0 Å². The third-order valence-corrected chi connectivity index (χ3v) is 4.78. The Morgan fingerprint density at radius 2 is 2.10 bits per heavy atom. The normalized spacial score (nSPS) is 15.4. The molecule has 1 aliphatic carbocycles. The van der Waals surface area contributed by atoms with Gasteiger partial charge in [-0.05, 0) is 25.0 Å². The van der Waals surface area contributed by atoms with Crippen molar-refractivity contribution in [3.8, 4) is 0 Å². The van der Waals surface area contributed by atoms with E-state index in [0.717, 1.165) is 10.6 Å². The van der Waals surface area contributed by atoms with Gasteiger partial charge in [-0.3, -0.25) is 9.89 Å². The van der Waals surface area contributed by atoms with Crippen molar-refractivity contribution in [2.24, 2.45) is 0 Å². The van der Waals surface area contributed by atoms with Gasteiger partial charge in [0.1, 0.15) is 6.33 Å². The molecule has 5 nitrogen and oxygen atoms in total. The Morgan fingerprint density at radius 1 is 1.30 bits per heavy atom. The van der Waals surface area contributed by atoms with Gasteiger partial charge < -0.3 is 5.32 Å². The van der Waals surface area contributed by atoms with Gasteiger partial charge >= 0.3 is 0 Å². The maximum atomic E-state index is 12.0. The summed E-state index contributed by atoms with van der Waals surface area (Å²) in [6, 6.07) is 7.90. The van der Waals surface area contributed by atoms with Crippen LogP contribution in [0.2, 0.25) is 0 Å². The van der Waals surface area contributed by atoms with Crippen LogP contribution >= 0.6 is 11.8 Å². The van der Waals surface area contributed by atoms with Crippen molar-refractivity contribution >= 4 is 23.4 Å². The Hall–Kier alpha value is -1.82. The molecule has 3 rings (SSSR count). The second-order valence-corrected chi connectivity index (χ2v) is 6.15. The quantitative estimate of drug-likeness (QED) is 0.907. The standard InChI is InChI=1S/C14H16N4OS/c19-14(13-15-9-16-18-13)17-11-7-3-4-8-12(11)20-10-5-1-2-6-10/h3-4,7-10H,1-2,5-6H2,(H,17,19)(H,15,16,18). The molecule has 2 aromatic rings. The number of carbonyl (C=O) groups excluding carboxylic acids is 1. The first-order chi connectivity index (χ1) is 9.83. The first kappa shape index (κ1) is 13.2. The summed E-state index contributed by atoms with van der Waals surface area (Å²) in [6.45, 7) is 0. The Morgan fingerprint density at radius 3 is 2.85 bits per heavy atom. The van der Waals surface area contributed by atoms with Gasteiger partial charge in [-0.1, -0.05) is 25.0 Å². The fourth-order valence-corrected chi connectivity index (χ4v) is 3.69. The van der Waals surface area contributed by atoms with E-state index in [2.05, 4.69) is 26.6 Å². The molecule has 0 saturated heterocycles. The molecule has 20 heavy (non-hydrogen) atoms. The highest BCUT2D eigenvalue weighted by Crippen LogP contribution is 2.38. The first-order valence-electron chi connectivity index (χ1n) is 6.75. The first-order valence-corrected chi connectivity index (χ1v) is 7.63. The number of carbonyl (C=O) groups is 1. The molecule has 0 bridgehead atoms. The number of para-hydroxylation sites is 1. The average molecular weight is 288 g/mol. The van der Waals surface area contributed by atoms with E-state index in [1.165, 1.54) is 32.0 Å². The Labute approximate surface area is 121 Å². The molecule has 1 aliphatic rings. The largest absolute Gasteiger partial charge is 0.318 e. The number of aromatic nitrogens is 3. The minimum absolute atomic E-state index is 0.227. The van der Waals surface area contributed by atoms with E-state index in [4.69, 9.17) is 0 Å². The SMILES string of the molecule is O=C(Nc1ccccc1SC1CCCC1)c1ncn[nH]1. The summed E-state index contributed by atoms with van der Waals surface area (Å²) in [7, 11) is 0. The lowest BCUT2D eigenvalue weighted by Gasteiger charge is -2.13. The predicted molar refractivity (Wildman–Crippen MR) is 78.9 cm³/mol. The van der Waals surface area contributed by atoms with Crippen LogP contribution in [0.4, 0.5) is 5.69 Å². The maximum absolute atomic E-state index is 12.0. The zero-order chi connectivity index (χ0) is 13.8. The lowest BCUT2D eigenvalue weighted by Crippen LogP contribution is -2.14. The average Bonchev–Trinajstić information content (AvgIpc) is 3.13. The van der Waals surface area contributed by atoms with E-state index < -0.39 is 0 Å². The summed E-state index contributed by atoms with van der Waals surface area (Å²) in [5, 5.41) is 9.82. The van der Waals surface area contributed by atoms with Crippen LogP contribution in [-0.4, -0.2) is 26.3 Å². The topological polar surface area (TPSA) is 70.7 Å². The zero-order valence-electron chi connectivity index (χ0n) is 11.0. The molecular weight excluding hydrogens is 272 g/mol. The second kappa shape index (κ2) is 6.09. The monoisotopic (exact) mass is 288 g/mol. The summed E-state index contributed by atoms with van der Waals surface area (Å²) in [4.78, 5) is 17.0. The van der Waals surface area contributed by atoms with Crippen LogP contribution in [0.25, 0.3) is 0 Å². The highest BCUT2D eigenvalue weighted by molar-refractivity contribution is 8.00. The van der Waals surface area contributed by atoms with Crippen molar-refractivity contribution in [1.82, 2.24) is 15.2 Å². The Balaban J connectivity index is 1.73. The van der Waals surface area contributed by atoms with Crippen molar-refractivity contribution in [2.75, 3.05) is 5.32 Å². The highest BCUT2D eigenvalue weighted by Gasteiger charge is 2.18. The van der Waals surface area contributed by atoms with Gasteiger partial charge in [-0.25, -0.2) is 4.98 Å². The van der Waals surface area contributed by atoms with Gasteiger partial charge in [0.05, 0.1) is 5.69 Å². The second-order valence-electron chi connectivity index (χ2n) is 4.81. The van der Waals surface area contributed by atoms with Gasteiger partial charge in [0.2, 0.25) is 5.82 Å². The van der Waals surface area contributed by atoms with Crippen molar-refractivity contribution in [1.29, 1.82) is 0 Å². The minimum atomic E-state index is -0.262. The Kier molecular flexibility index (Phi) is 4.01. The summed E-state index contributed by atoms with van der Waals surface area (Å²) < 4.78 is 0. The molecule has 1 aromatic heterocycles. The number of thioether (sulfide) groups is 1. The number of hydrogen-bond acceptors (Lipinski definition) is 4. The number of nitrogens with zero attached hydrogens (tertiary/aromatic N) is 2. The van der Waals surface area contributed by atoms with Gasteiger partial charge in [0, 0.05) is 10.1 Å². The van der Waals surface area contributed by atoms with Crippen LogP contribution in [-0.2, 0) is 0 Å². The van der Waals surface area contributed by atoms with Crippen molar-refractivity contribution in [3.05, 3.63) is 36.4 Å². The number of hydrogen-bond donors (Lipinski definition) is 2.